The molecule has 6 heteroatoms. The van der Waals surface area contributed by atoms with Crippen molar-refractivity contribution in [2.45, 2.75) is 45.8 Å². The van der Waals surface area contributed by atoms with Gasteiger partial charge in [-0.2, -0.15) is 0 Å². The number of carbonyl (C=O) groups excluding carboxylic acids is 2. The molecule has 0 aliphatic heterocycles. The first-order valence-corrected chi connectivity index (χ1v) is 10.2. The molecule has 6 nitrogen and oxygen atoms in total. The van der Waals surface area contributed by atoms with Crippen LogP contribution in [0, 0.1) is 0 Å². The van der Waals surface area contributed by atoms with E-state index < -0.39 is 6.10 Å². The third-order valence-electron chi connectivity index (χ3n) is 4.84. The van der Waals surface area contributed by atoms with Gasteiger partial charge in [-0.25, -0.2) is 0 Å². The Hall–Kier alpha value is -3.54. The molecule has 1 atom stereocenters. The van der Waals surface area contributed by atoms with Crippen LogP contribution in [0.2, 0.25) is 0 Å². The molecular weight excluding hydrogens is 392 g/mol. The lowest BCUT2D eigenvalue weighted by Gasteiger charge is -2.20. The zero-order valence-electron chi connectivity index (χ0n) is 18.3. The molecule has 1 heterocycles. The molecule has 0 aliphatic rings. The molecule has 0 radical (unpaired) electrons. The van der Waals surface area contributed by atoms with Crippen LogP contribution in [0.3, 0.4) is 0 Å². The van der Waals surface area contributed by atoms with Crippen molar-refractivity contribution in [1.29, 1.82) is 0 Å². The van der Waals surface area contributed by atoms with Gasteiger partial charge in [0.15, 0.2) is 6.10 Å². The van der Waals surface area contributed by atoms with Gasteiger partial charge in [-0.3, -0.25) is 9.59 Å². The zero-order chi connectivity index (χ0) is 22.4. The van der Waals surface area contributed by atoms with Crippen LogP contribution < -0.4 is 15.4 Å². The summed E-state index contributed by atoms with van der Waals surface area (Å²) in [5.41, 5.74) is 2.02. The summed E-state index contributed by atoms with van der Waals surface area (Å²) in [6.07, 6.45) is 0.813. The maximum atomic E-state index is 12.7. The van der Waals surface area contributed by atoms with E-state index in [2.05, 4.69) is 31.4 Å². The Balaban J connectivity index is 1.62. The minimum absolute atomic E-state index is 0.0444. The Morgan fingerprint density at radius 3 is 2.35 bits per heavy atom. The highest BCUT2D eigenvalue weighted by atomic mass is 16.5. The predicted molar refractivity (Wildman–Crippen MR) is 120 cm³/mol. The molecular formula is C25H28N2O4. The smallest absolute Gasteiger partial charge is 0.265 e. The van der Waals surface area contributed by atoms with Crippen molar-refractivity contribution in [3.63, 3.8) is 0 Å². The average molecular weight is 421 g/mol. The molecule has 0 bridgehead atoms. The second-order valence-electron chi connectivity index (χ2n) is 8.33. The van der Waals surface area contributed by atoms with E-state index in [1.807, 2.05) is 24.3 Å². The van der Waals surface area contributed by atoms with E-state index in [0.717, 1.165) is 0 Å². The fraction of sp³-hybridized carbons (Fsp3) is 0.280. The first-order chi connectivity index (χ1) is 14.7. The lowest BCUT2D eigenvalue weighted by atomic mass is 9.87. The van der Waals surface area contributed by atoms with E-state index in [9.17, 15) is 9.59 Å². The fourth-order valence-corrected chi connectivity index (χ4v) is 2.99. The number of amides is 2. The molecule has 3 rings (SSSR count). The number of furan rings is 1. The van der Waals surface area contributed by atoms with E-state index in [1.165, 1.54) is 5.56 Å². The highest BCUT2D eigenvalue weighted by Crippen LogP contribution is 2.25. The van der Waals surface area contributed by atoms with Crippen LogP contribution in [0.1, 0.15) is 49.4 Å². The van der Waals surface area contributed by atoms with Gasteiger partial charge in [0, 0.05) is 0 Å². The highest BCUT2D eigenvalue weighted by molar-refractivity contribution is 6.04. The predicted octanol–water partition coefficient (Wildman–Crippen LogP) is 4.91. The van der Waals surface area contributed by atoms with Crippen LogP contribution >= 0.6 is 0 Å². The Morgan fingerprint density at radius 2 is 1.71 bits per heavy atom. The molecule has 0 saturated heterocycles. The number of anilines is 1. The maximum absolute atomic E-state index is 12.7. The summed E-state index contributed by atoms with van der Waals surface area (Å²) in [5.74, 6) is 0.610. The number of para-hydroxylation sites is 1. The monoisotopic (exact) mass is 420 g/mol. The van der Waals surface area contributed by atoms with Gasteiger partial charge in [-0.15, -0.1) is 0 Å². The first kappa shape index (κ1) is 22.2. The zero-order valence-corrected chi connectivity index (χ0v) is 18.3. The first-order valence-electron chi connectivity index (χ1n) is 10.2. The van der Waals surface area contributed by atoms with E-state index in [0.29, 0.717) is 22.8 Å². The number of nitrogens with one attached hydrogen (secondary N) is 2. The molecule has 0 unspecified atom stereocenters. The number of hydrogen-bond donors (Lipinski definition) is 2. The molecule has 162 valence electrons. The second-order valence-corrected chi connectivity index (χ2v) is 8.33. The minimum atomic E-state index is -0.736. The molecule has 0 aliphatic carbocycles. The van der Waals surface area contributed by atoms with Crippen molar-refractivity contribution in [3.8, 4) is 5.75 Å². The summed E-state index contributed by atoms with van der Waals surface area (Å²) in [5, 5.41) is 5.58. The van der Waals surface area contributed by atoms with Gasteiger partial charge in [-0.1, -0.05) is 45.0 Å². The topological polar surface area (TPSA) is 80.6 Å². The molecule has 0 saturated carbocycles. The Morgan fingerprint density at radius 1 is 1.00 bits per heavy atom. The third kappa shape index (κ3) is 5.98. The summed E-state index contributed by atoms with van der Waals surface area (Å²) in [6, 6.07) is 18.1. The summed E-state index contributed by atoms with van der Waals surface area (Å²) >= 11 is 0. The van der Waals surface area contributed by atoms with Crippen LogP contribution in [0.5, 0.6) is 5.75 Å². The molecule has 31 heavy (non-hydrogen) atoms. The second kappa shape index (κ2) is 9.51. The number of carbonyl (C=O) groups is 2. The van der Waals surface area contributed by atoms with Crippen LogP contribution in [0.4, 0.5) is 5.69 Å². The normalized spacial score (nSPS) is 12.1. The average Bonchev–Trinajstić information content (AvgIpc) is 3.26. The Labute approximate surface area is 182 Å². The summed E-state index contributed by atoms with van der Waals surface area (Å²) < 4.78 is 11.0. The highest BCUT2D eigenvalue weighted by Gasteiger charge is 2.19. The van der Waals surface area contributed by atoms with Crippen LogP contribution in [0.15, 0.2) is 71.3 Å². The Kier molecular flexibility index (Phi) is 6.80. The number of benzene rings is 2. The summed E-state index contributed by atoms with van der Waals surface area (Å²) in [4.78, 5) is 25.3. The molecule has 3 aromatic rings. The largest absolute Gasteiger partial charge is 0.481 e. The van der Waals surface area contributed by atoms with E-state index in [-0.39, 0.29) is 23.8 Å². The summed E-state index contributed by atoms with van der Waals surface area (Å²) in [6.45, 7) is 8.36. The van der Waals surface area contributed by atoms with Gasteiger partial charge in [0.05, 0.1) is 24.1 Å². The van der Waals surface area contributed by atoms with Crippen molar-refractivity contribution < 1.29 is 18.7 Å². The standard InChI is InChI=1S/C25H28N2O4/c1-17(31-19-13-11-18(12-14-19)25(2,3)4)23(28)27-22-10-6-5-9-21(22)24(29)26-16-20-8-7-15-30-20/h5-15,17H,16H2,1-4H3,(H,26,29)(H,27,28)/t17-/m1/s1. The van der Waals surface area contributed by atoms with Gasteiger partial charge in [0.1, 0.15) is 11.5 Å². The molecule has 1 aromatic heterocycles. The molecule has 2 aromatic carbocycles. The van der Waals surface area contributed by atoms with Gasteiger partial charge in [0.2, 0.25) is 0 Å². The SMILES string of the molecule is C[C@@H](Oc1ccc(C(C)(C)C)cc1)C(=O)Nc1ccccc1C(=O)NCc1ccco1. The van der Waals surface area contributed by atoms with E-state index in [1.54, 1.807) is 49.6 Å². The van der Waals surface area contributed by atoms with Crippen molar-refractivity contribution in [2.24, 2.45) is 0 Å². The lowest BCUT2D eigenvalue weighted by Crippen LogP contribution is -2.31. The van der Waals surface area contributed by atoms with E-state index in [4.69, 9.17) is 9.15 Å². The summed E-state index contributed by atoms with van der Waals surface area (Å²) in [7, 11) is 0. The lowest BCUT2D eigenvalue weighted by molar-refractivity contribution is -0.122. The number of ether oxygens (including phenoxy) is 1. The fourth-order valence-electron chi connectivity index (χ4n) is 2.99. The van der Waals surface area contributed by atoms with Crippen LogP contribution in [0.25, 0.3) is 0 Å². The van der Waals surface area contributed by atoms with Gasteiger partial charge in [0.25, 0.3) is 11.8 Å². The van der Waals surface area contributed by atoms with Crippen molar-refractivity contribution in [1.82, 2.24) is 5.32 Å². The van der Waals surface area contributed by atoms with Gasteiger partial charge in [-0.05, 0) is 54.3 Å². The number of rotatable bonds is 7. The molecule has 0 fully saturated rings. The van der Waals surface area contributed by atoms with Crippen molar-refractivity contribution in [3.05, 3.63) is 83.8 Å². The van der Waals surface area contributed by atoms with Crippen molar-refractivity contribution >= 4 is 17.5 Å². The van der Waals surface area contributed by atoms with Gasteiger partial charge >= 0.3 is 0 Å². The quantitative estimate of drug-likeness (QED) is 0.569. The molecule has 2 amide bonds. The third-order valence-corrected chi connectivity index (χ3v) is 4.84. The number of hydrogen-bond acceptors (Lipinski definition) is 4. The van der Waals surface area contributed by atoms with Crippen molar-refractivity contribution in [2.75, 3.05) is 5.32 Å². The van der Waals surface area contributed by atoms with Crippen LogP contribution in [-0.4, -0.2) is 17.9 Å². The minimum Gasteiger partial charge on any atom is -0.481 e. The van der Waals surface area contributed by atoms with Gasteiger partial charge < -0.3 is 19.8 Å². The molecule has 2 N–H and O–H groups in total. The molecule has 0 spiro atoms. The maximum Gasteiger partial charge on any atom is 0.265 e. The van der Waals surface area contributed by atoms with Crippen LogP contribution in [-0.2, 0) is 16.8 Å². The van der Waals surface area contributed by atoms with E-state index >= 15 is 0 Å². The Bertz CT molecular complexity index is 1020.